The van der Waals surface area contributed by atoms with E-state index in [1.165, 1.54) is 11.3 Å². The highest BCUT2D eigenvalue weighted by molar-refractivity contribution is 7.21. The van der Waals surface area contributed by atoms with Crippen LogP contribution in [0.3, 0.4) is 0 Å². The molecule has 2 rings (SSSR count). The number of nitrogens with zero attached hydrogens (tertiary/aromatic N) is 2. The lowest BCUT2D eigenvalue weighted by molar-refractivity contribution is 1.26. The summed E-state index contributed by atoms with van der Waals surface area (Å²) in [5.41, 5.74) is 7.40. The van der Waals surface area contributed by atoms with Crippen molar-refractivity contribution in [3.05, 3.63) is 17.8 Å². The smallest absolute Gasteiger partial charge is 0.182 e. The van der Waals surface area contributed by atoms with Crippen LogP contribution < -0.4 is 5.73 Å². The Morgan fingerprint density at radius 1 is 1.36 bits per heavy atom. The molecular weight excluding hydrogens is 158 g/mol. The molecule has 56 valence electrons. The fourth-order valence-corrected chi connectivity index (χ4v) is 1.68. The van der Waals surface area contributed by atoms with Gasteiger partial charge >= 0.3 is 0 Å². The second-order valence-electron chi connectivity index (χ2n) is 2.33. The first kappa shape index (κ1) is 6.54. The molecule has 0 spiro atoms. The largest absolute Gasteiger partial charge is 0.375 e. The fourth-order valence-electron chi connectivity index (χ4n) is 0.926. The van der Waals surface area contributed by atoms with E-state index in [2.05, 4.69) is 9.97 Å². The monoisotopic (exact) mass is 165 g/mol. The molecular formula is C7H7N3S. The standard InChI is InChI=1S/C7H7N3S/c1-4-2-3-5-6(9-4)11-7(8)10-5/h2-3H,1H3,(H2,8,10). The molecule has 0 amide bonds. The SMILES string of the molecule is Cc1ccc2nc(N)sc2n1. The van der Waals surface area contributed by atoms with Gasteiger partial charge in [0.2, 0.25) is 0 Å². The second-order valence-corrected chi connectivity index (χ2v) is 3.34. The Balaban J connectivity index is 2.82. The number of pyridine rings is 1. The zero-order valence-corrected chi connectivity index (χ0v) is 6.85. The van der Waals surface area contributed by atoms with Crippen molar-refractivity contribution < 1.29 is 0 Å². The number of aromatic nitrogens is 2. The second kappa shape index (κ2) is 2.17. The maximum Gasteiger partial charge on any atom is 0.182 e. The minimum absolute atomic E-state index is 0.582. The highest BCUT2D eigenvalue weighted by Gasteiger charge is 2.00. The first-order valence-corrected chi connectivity index (χ1v) is 4.07. The average molecular weight is 165 g/mol. The highest BCUT2D eigenvalue weighted by Crippen LogP contribution is 2.21. The summed E-state index contributed by atoms with van der Waals surface area (Å²) in [4.78, 5) is 9.28. The quantitative estimate of drug-likeness (QED) is 0.644. The summed E-state index contributed by atoms with van der Waals surface area (Å²) in [5.74, 6) is 0. The number of nitrogen functional groups attached to an aromatic ring is 1. The number of nitrogens with two attached hydrogens (primary N) is 1. The molecule has 3 nitrogen and oxygen atoms in total. The molecule has 0 aliphatic carbocycles. The van der Waals surface area contributed by atoms with Gasteiger partial charge < -0.3 is 5.73 Å². The van der Waals surface area contributed by atoms with Crippen molar-refractivity contribution in [1.29, 1.82) is 0 Å². The summed E-state index contributed by atoms with van der Waals surface area (Å²) in [7, 11) is 0. The molecule has 0 aliphatic heterocycles. The van der Waals surface area contributed by atoms with Gasteiger partial charge in [0.25, 0.3) is 0 Å². The van der Waals surface area contributed by atoms with Crippen molar-refractivity contribution >= 4 is 26.8 Å². The van der Waals surface area contributed by atoms with Gasteiger partial charge in [-0.2, -0.15) is 0 Å². The Bertz CT molecular complexity index is 393. The van der Waals surface area contributed by atoms with Crippen LogP contribution in [0.2, 0.25) is 0 Å². The predicted octanol–water partition coefficient (Wildman–Crippen LogP) is 1.58. The molecule has 2 aromatic heterocycles. The molecule has 0 atom stereocenters. The molecule has 2 heterocycles. The third-order valence-corrected chi connectivity index (χ3v) is 2.21. The van der Waals surface area contributed by atoms with Crippen molar-refractivity contribution in [2.75, 3.05) is 5.73 Å². The molecule has 11 heavy (non-hydrogen) atoms. The van der Waals surface area contributed by atoms with E-state index in [0.717, 1.165) is 16.0 Å². The fraction of sp³-hybridized carbons (Fsp3) is 0.143. The van der Waals surface area contributed by atoms with Crippen LogP contribution in [0.1, 0.15) is 5.69 Å². The van der Waals surface area contributed by atoms with Gasteiger partial charge in [0.1, 0.15) is 10.3 Å². The zero-order chi connectivity index (χ0) is 7.84. The molecule has 0 saturated heterocycles. The van der Waals surface area contributed by atoms with Crippen LogP contribution in [0, 0.1) is 6.92 Å². The lowest BCUT2D eigenvalue weighted by Crippen LogP contribution is -1.79. The van der Waals surface area contributed by atoms with E-state index in [1.807, 2.05) is 19.1 Å². The number of rotatable bonds is 0. The number of hydrogen-bond donors (Lipinski definition) is 1. The van der Waals surface area contributed by atoms with E-state index in [4.69, 9.17) is 5.73 Å². The maximum atomic E-state index is 5.51. The van der Waals surface area contributed by atoms with E-state index in [0.29, 0.717) is 5.13 Å². The third-order valence-electron chi connectivity index (χ3n) is 1.41. The van der Waals surface area contributed by atoms with Gasteiger partial charge in [-0.05, 0) is 19.1 Å². The van der Waals surface area contributed by atoms with Crippen molar-refractivity contribution in [3.8, 4) is 0 Å². The van der Waals surface area contributed by atoms with Crippen LogP contribution in [0.25, 0.3) is 10.3 Å². The van der Waals surface area contributed by atoms with Gasteiger partial charge in [0.15, 0.2) is 5.13 Å². The van der Waals surface area contributed by atoms with Crippen LogP contribution in [0.5, 0.6) is 0 Å². The molecule has 2 N–H and O–H groups in total. The summed E-state index contributed by atoms with van der Waals surface area (Å²) in [6.45, 7) is 1.95. The van der Waals surface area contributed by atoms with Crippen LogP contribution in [0.15, 0.2) is 12.1 Å². The first-order valence-electron chi connectivity index (χ1n) is 3.25. The number of fused-ring (bicyclic) bond motifs is 1. The maximum absolute atomic E-state index is 5.51. The Morgan fingerprint density at radius 3 is 3.00 bits per heavy atom. The van der Waals surface area contributed by atoms with Gasteiger partial charge in [-0.25, -0.2) is 9.97 Å². The predicted molar refractivity (Wildman–Crippen MR) is 46.6 cm³/mol. The molecule has 4 heteroatoms. The van der Waals surface area contributed by atoms with Gasteiger partial charge in [0.05, 0.1) is 0 Å². The summed E-state index contributed by atoms with van der Waals surface area (Å²) in [6.07, 6.45) is 0. The van der Waals surface area contributed by atoms with Crippen LogP contribution >= 0.6 is 11.3 Å². The van der Waals surface area contributed by atoms with Crippen LogP contribution in [-0.2, 0) is 0 Å². The van der Waals surface area contributed by atoms with Gasteiger partial charge in [-0.15, -0.1) is 0 Å². The summed E-state index contributed by atoms with van der Waals surface area (Å²) in [5, 5.41) is 0.582. The van der Waals surface area contributed by atoms with E-state index < -0.39 is 0 Å². The van der Waals surface area contributed by atoms with Crippen LogP contribution in [-0.4, -0.2) is 9.97 Å². The Labute approximate surface area is 67.9 Å². The van der Waals surface area contributed by atoms with Crippen molar-refractivity contribution in [2.45, 2.75) is 6.92 Å². The minimum Gasteiger partial charge on any atom is -0.375 e. The van der Waals surface area contributed by atoms with E-state index in [1.54, 1.807) is 0 Å². The van der Waals surface area contributed by atoms with E-state index in [9.17, 15) is 0 Å². The van der Waals surface area contributed by atoms with E-state index >= 15 is 0 Å². The molecule has 0 bridgehead atoms. The van der Waals surface area contributed by atoms with Gasteiger partial charge in [-0.1, -0.05) is 11.3 Å². The lowest BCUT2D eigenvalue weighted by Gasteiger charge is -1.87. The highest BCUT2D eigenvalue weighted by atomic mass is 32.1. The molecule has 2 aromatic rings. The Morgan fingerprint density at radius 2 is 2.18 bits per heavy atom. The van der Waals surface area contributed by atoms with Crippen molar-refractivity contribution in [1.82, 2.24) is 9.97 Å². The lowest BCUT2D eigenvalue weighted by atomic mass is 10.4. The summed E-state index contributed by atoms with van der Waals surface area (Å²) >= 11 is 1.42. The minimum atomic E-state index is 0.582. The Hall–Kier alpha value is -1.16. The first-order chi connectivity index (χ1) is 5.25. The molecule has 0 radical (unpaired) electrons. The zero-order valence-electron chi connectivity index (χ0n) is 6.03. The molecule has 0 saturated carbocycles. The van der Waals surface area contributed by atoms with E-state index in [-0.39, 0.29) is 0 Å². The topological polar surface area (TPSA) is 51.8 Å². The molecule has 0 aromatic carbocycles. The van der Waals surface area contributed by atoms with Crippen molar-refractivity contribution in [2.24, 2.45) is 0 Å². The summed E-state index contributed by atoms with van der Waals surface area (Å²) in [6, 6.07) is 3.87. The number of anilines is 1. The molecule has 0 aliphatic rings. The number of hydrogen-bond acceptors (Lipinski definition) is 4. The van der Waals surface area contributed by atoms with Gasteiger partial charge in [0, 0.05) is 5.69 Å². The molecule has 0 unspecified atom stereocenters. The normalized spacial score (nSPS) is 10.6. The third kappa shape index (κ3) is 1.05. The molecule has 0 fully saturated rings. The summed E-state index contributed by atoms with van der Waals surface area (Å²) < 4.78 is 0. The van der Waals surface area contributed by atoms with Gasteiger partial charge in [-0.3, -0.25) is 0 Å². The number of thiazole rings is 1. The number of aryl methyl sites for hydroxylation is 1. The van der Waals surface area contributed by atoms with Crippen LogP contribution in [0.4, 0.5) is 5.13 Å². The Kier molecular flexibility index (Phi) is 1.29. The average Bonchev–Trinajstić information content (AvgIpc) is 2.27. The van der Waals surface area contributed by atoms with Crippen molar-refractivity contribution in [3.63, 3.8) is 0 Å².